The number of para-hydroxylation sites is 1. The van der Waals surface area contributed by atoms with Crippen LogP contribution < -0.4 is 5.32 Å². The topological polar surface area (TPSA) is 92.5 Å². The molecule has 1 aromatic carbocycles. The minimum Gasteiger partial charge on any atom is -0.317 e. The van der Waals surface area contributed by atoms with Crippen LogP contribution in [0.15, 0.2) is 29.2 Å². The standard InChI is InChI=1S/C14H19N3O4S/c18-17(19)12-3-1-2-4-13(12)22(20,21)16-10-7-14(11-16)5-8-15-9-6-14/h1-4,15H,5-11H2. The van der Waals surface area contributed by atoms with E-state index in [0.717, 1.165) is 32.4 Å². The van der Waals surface area contributed by atoms with E-state index in [9.17, 15) is 18.5 Å². The molecule has 2 aliphatic rings. The zero-order valence-electron chi connectivity index (χ0n) is 12.2. The molecular formula is C14H19N3O4S. The molecule has 7 nitrogen and oxygen atoms in total. The first-order valence-electron chi connectivity index (χ1n) is 7.39. The summed E-state index contributed by atoms with van der Waals surface area (Å²) < 4.78 is 27.0. The number of nitro groups is 1. The highest BCUT2D eigenvalue weighted by Crippen LogP contribution is 2.41. The molecule has 2 aliphatic heterocycles. The van der Waals surface area contributed by atoms with Gasteiger partial charge in [0.2, 0.25) is 10.0 Å². The minimum atomic E-state index is -3.82. The molecule has 0 atom stereocenters. The summed E-state index contributed by atoms with van der Waals surface area (Å²) in [6.07, 6.45) is 2.74. The maximum absolute atomic E-state index is 12.8. The van der Waals surface area contributed by atoms with E-state index < -0.39 is 14.9 Å². The third-order valence-corrected chi connectivity index (χ3v) is 6.64. The van der Waals surface area contributed by atoms with Crippen molar-refractivity contribution in [2.24, 2.45) is 5.41 Å². The summed E-state index contributed by atoms with van der Waals surface area (Å²) in [5, 5.41) is 14.4. The van der Waals surface area contributed by atoms with Crippen LogP contribution in [0, 0.1) is 15.5 Å². The molecule has 1 aromatic rings. The molecule has 0 radical (unpaired) electrons. The summed E-state index contributed by atoms with van der Waals surface area (Å²) in [7, 11) is -3.82. The van der Waals surface area contributed by atoms with Crippen molar-refractivity contribution in [2.75, 3.05) is 26.2 Å². The first-order valence-corrected chi connectivity index (χ1v) is 8.83. The van der Waals surface area contributed by atoms with Gasteiger partial charge in [0.1, 0.15) is 0 Å². The minimum absolute atomic E-state index is 0.0296. The third-order valence-electron chi connectivity index (χ3n) is 4.75. The van der Waals surface area contributed by atoms with Crippen LogP contribution in [0.25, 0.3) is 0 Å². The summed E-state index contributed by atoms with van der Waals surface area (Å²) in [6.45, 7) is 2.70. The smallest absolute Gasteiger partial charge is 0.289 e. The number of benzene rings is 1. The zero-order valence-corrected chi connectivity index (χ0v) is 13.0. The van der Waals surface area contributed by atoms with Gasteiger partial charge in [-0.3, -0.25) is 10.1 Å². The first-order chi connectivity index (χ1) is 10.4. The Balaban J connectivity index is 1.90. The first kappa shape index (κ1) is 15.4. The predicted octanol–water partition coefficient (Wildman–Crippen LogP) is 1.36. The Morgan fingerprint density at radius 2 is 1.86 bits per heavy atom. The van der Waals surface area contributed by atoms with Gasteiger partial charge in [0.05, 0.1) is 4.92 Å². The normalized spacial score (nSPS) is 22.0. The van der Waals surface area contributed by atoms with Crippen LogP contribution in [-0.4, -0.2) is 43.8 Å². The van der Waals surface area contributed by atoms with Gasteiger partial charge in [-0.15, -0.1) is 0 Å². The van der Waals surface area contributed by atoms with E-state index in [1.54, 1.807) is 0 Å². The summed E-state index contributed by atoms with van der Waals surface area (Å²) >= 11 is 0. The summed E-state index contributed by atoms with van der Waals surface area (Å²) in [5.74, 6) is 0. The Bertz CT molecular complexity index is 683. The largest absolute Gasteiger partial charge is 0.317 e. The second kappa shape index (κ2) is 5.60. The highest BCUT2D eigenvalue weighted by atomic mass is 32.2. The second-order valence-electron chi connectivity index (χ2n) is 6.06. The van der Waals surface area contributed by atoms with E-state index in [0.29, 0.717) is 13.1 Å². The Morgan fingerprint density at radius 1 is 1.18 bits per heavy atom. The van der Waals surface area contributed by atoms with Crippen LogP contribution in [0.1, 0.15) is 19.3 Å². The van der Waals surface area contributed by atoms with Gasteiger partial charge >= 0.3 is 0 Å². The van der Waals surface area contributed by atoms with E-state index in [1.807, 2.05) is 0 Å². The second-order valence-corrected chi connectivity index (χ2v) is 7.97. The lowest BCUT2D eigenvalue weighted by Crippen LogP contribution is -2.39. The lowest BCUT2D eigenvalue weighted by Gasteiger charge is -2.33. The number of nitro benzene ring substituents is 1. The molecule has 0 amide bonds. The Hall–Kier alpha value is -1.51. The van der Waals surface area contributed by atoms with Gasteiger partial charge in [0, 0.05) is 19.2 Å². The zero-order chi connectivity index (χ0) is 15.8. The summed E-state index contributed by atoms with van der Waals surface area (Å²) in [6, 6.07) is 5.57. The number of nitrogens with zero attached hydrogens (tertiary/aromatic N) is 2. The molecule has 2 heterocycles. The summed E-state index contributed by atoms with van der Waals surface area (Å²) in [5.41, 5.74) is -0.323. The fourth-order valence-electron chi connectivity index (χ4n) is 3.43. The van der Waals surface area contributed by atoms with Crippen molar-refractivity contribution < 1.29 is 13.3 Å². The van der Waals surface area contributed by atoms with Crippen molar-refractivity contribution in [3.63, 3.8) is 0 Å². The number of rotatable bonds is 3. The molecule has 3 rings (SSSR count). The quantitative estimate of drug-likeness (QED) is 0.669. The lowest BCUT2D eigenvalue weighted by atomic mass is 9.78. The molecule has 0 aliphatic carbocycles. The van der Waals surface area contributed by atoms with Crippen LogP contribution in [-0.2, 0) is 10.0 Å². The van der Waals surface area contributed by atoms with Gasteiger partial charge in [-0.25, -0.2) is 8.42 Å². The number of nitrogens with one attached hydrogen (secondary N) is 1. The van der Waals surface area contributed by atoms with Crippen molar-refractivity contribution in [3.05, 3.63) is 34.4 Å². The summed E-state index contributed by atoms with van der Waals surface area (Å²) in [4.78, 5) is 10.3. The number of sulfonamides is 1. The van der Waals surface area contributed by atoms with Crippen LogP contribution in [0.3, 0.4) is 0 Å². The fraction of sp³-hybridized carbons (Fsp3) is 0.571. The molecule has 120 valence electrons. The number of piperidine rings is 1. The fourth-order valence-corrected chi connectivity index (χ4v) is 5.14. The third kappa shape index (κ3) is 2.62. The Morgan fingerprint density at radius 3 is 2.55 bits per heavy atom. The van der Waals surface area contributed by atoms with Crippen LogP contribution in [0.5, 0.6) is 0 Å². The highest BCUT2D eigenvalue weighted by molar-refractivity contribution is 7.89. The lowest BCUT2D eigenvalue weighted by molar-refractivity contribution is -0.387. The van der Waals surface area contributed by atoms with Crippen LogP contribution >= 0.6 is 0 Å². The Labute approximate surface area is 129 Å². The van der Waals surface area contributed by atoms with Crippen molar-refractivity contribution in [1.82, 2.24) is 9.62 Å². The molecule has 1 spiro atoms. The van der Waals surface area contributed by atoms with Gasteiger partial charge < -0.3 is 5.32 Å². The van der Waals surface area contributed by atoms with Gasteiger partial charge in [0.25, 0.3) is 5.69 Å². The maximum atomic E-state index is 12.8. The SMILES string of the molecule is O=[N+]([O-])c1ccccc1S(=O)(=O)N1CCC2(CCNCC2)C1. The molecule has 22 heavy (non-hydrogen) atoms. The monoisotopic (exact) mass is 325 g/mol. The van der Waals surface area contributed by atoms with Crippen LogP contribution in [0.2, 0.25) is 0 Å². The van der Waals surface area contributed by atoms with Crippen molar-refractivity contribution in [1.29, 1.82) is 0 Å². The number of hydrogen-bond donors (Lipinski definition) is 1. The van der Waals surface area contributed by atoms with Gasteiger partial charge in [0.15, 0.2) is 4.90 Å². The molecule has 2 fully saturated rings. The van der Waals surface area contributed by atoms with Gasteiger partial charge in [-0.05, 0) is 43.8 Å². The molecule has 1 N–H and O–H groups in total. The van der Waals surface area contributed by atoms with E-state index in [-0.39, 0.29) is 16.0 Å². The maximum Gasteiger partial charge on any atom is 0.289 e. The van der Waals surface area contributed by atoms with E-state index in [1.165, 1.54) is 28.6 Å². The molecule has 0 aromatic heterocycles. The molecule has 0 saturated carbocycles. The van der Waals surface area contributed by atoms with Crippen LogP contribution in [0.4, 0.5) is 5.69 Å². The van der Waals surface area contributed by atoms with E-state index in [2.05, 4.69) is 5.32 Å². The predicted molar refractivity (Wildman–Crippen MR) is 81.0 cm³/mol. The molecule has 0 unspecified atom stereocenters. The van der Waals surface area contributed by atoms with E-state index in [4.69, 9.17) is 0 Å². The molecule has 2 saturated heterocycles. The van der Waals surface area contributed by atoms with Crippen molar-refractivity contribution in [2.45, 2.75) is 24.2 Å². The van der Waals surface area contributed by atoms with Crippen molar-refractivity contribution in [3.8, 4) is 0 Å². The van der Waals surface area contributed by atoms with Gasteiger partial charge in [-0.2, -0.15) is 4.31 Å². The number of hydrogen-bond acceptors (Lipinski definition) is 5. The van der Waals surface area contributed by atoms with Crippen molar-refractivity contribution >= 4 is 15.7 Å². The highest BCUT2D eigenvalue weighted by Gasteiger charge is 2.44. The average molecular weight is 325 g/mol. The molecule has 0 bridgehead atoms. The average Bonchev–Trinajstić information content (AvgIpc) is 2.92. The molecular weight excluding hydrogens is 306 g/mol. The Kier molecular flexibility index (Phi) is 3.92. The molecule has 8 heteroatoms. The van der Waals surface area contributed by atoms with Gasteiger partial charge in [-0.1, -0.05) is 12.1 Å². The van der Waals surface area contributed by atoms with E-state index >= 15 is 0 Å².